The van der Waals surface area contributed by atoms with E-state index in [1.807, 2.05) is 0 Å². The van der Waals surface area contributed by atoms with Gasteiger partial charge in [-0.1, -0.05) is 0 Å². The maximum Gasteiger partial charge on any atom is 0.345 e. The minimum Gasteiger partial charge on any atom is -0.477 e. The van der Waals surface area contributed by atoms with Crippen LogP contribution in [0.1, 0.15) is 9.67 Å². The minimum atomic E-state index is -3.84. The van der Waals surface area contributed by atoms with Crippen molar-refractivity contribution < 1.29 is 18.3 Å². The van der Waals surface area contributed by atoms with Crippen molar-refractivity contribution in [1.82, 2.24) is 14.8 Å². The highest BCUT2D eigenvalue weighted by atomic mass is 32.2. The number of carboxylic acids is 1. The third-order valence-electron chi connectivity index (χ3n) is 3.09. The van der Waals surface area contributed by atoms with Crippen LogP contribution in [0.2, 0.25) is 0 Å². The molecule has 0 aliphatic carbocycles. The van der Waals surface area contributed by atoms with Gasteiger partial charge in [-0.25, -0.2) is 18.2 Å². The lowest BCUT2D eigenvalue weighted by Gasteiger charge is -2.06. The van der Waals surface area contributed by atoms with Crippen LogP contribution in [0, 0.1) is 0 Å². The molecule has 0 amide bonds. The molecule has 8 nitrogen and oxygen atoms in total. The highest BCUT2D eigenvalue weighted by Crippen LogP contribution is 2.23. The van der Waals surface area contributed by atoms with E-state index in [-0.39, 0.29) is 9.77 Å². The predicted molar refractivity (Wildman–Crippen MR) is 88.5 cm³/mol. The van der Waals surface area contributed by atoms with E-state index in [0.29, 0.717) is 11.5 Å². The fraction of sp³-hybridized carbons (Fsp3) is 0.0714. The molecule has 0 fully saturated rings. The number of aryl methyl sites for hydroxylation is 1. The van der Waals surface area contributed by atoms with E-state index in [2.05, 4.69) is 14.8 Å². The Bertz CT molecular complexity index is 990. The van der Waals surface area contributed by atoms with Gasteiger partial charge in [0.2, 0.25) is 0 Å². The molecule has 2 aromatic heterocycles. The molecule has 2 N–H and O–H groups in total. The first-order chi connectivity index (χ1) is 11.3. The van der Waals surface area contributed by atoms with Crippen molar-refractivity contribution in [3.8, 4) is 11.4 Å². The van der Waals surface area contributed by atoms with Gasteiger partial charge < -0.3 is 5.11 Å². The van der Waals surface area contributed by atoms with Crippen LogP contribution in [0.25, 0.3) is 11.4 Å². The Morgan fingerprint density at radius 2 is 2.00 bits per heavy atom. The Morgan fingerprint density at radius 3 is 2.54 bits per heavy atom. The zero-order chi connectivity index (χ0) is 17.3. The molecule has 1 aromatic carbocycles. The van der Waals surface area contributed by atoms with Gasteiger partial charge in [0.1, 0.15) is 11.2 Å². The SMILES string of the molecule is Cn1cnc(-c2ccc(NS(=O)(=O)c3csc(C(=O)O)c3)cc2)n1. The molecule has 0 saturated carbocycles. The highest BCUT2D eigenvalue weighted by molar-refractivity contribution is 7.92. The van der Waals surface area contributed by atoms with E-state index in [0.717, 1.165) is 23.0 Å². The fourth-order valence-corrected chi connectivity index (χ4v) is 4.11. The molecule has 2 heterocycles. The molecule has 0 aliphatic rings. The predicted octanol–water partition coefficient (Wildman–Crippen LogP) is 2.04. The third-order valence-corrected chi connectivity index (χ3v) is 5.52. The second-order valence-electron chi connectivity index (χ2n) is 4.88. The number of sulfonamides is 1. The monoisotopic (exact) mass is 364 g/mol. The van der Waals surface area contributed by atoms with Crippen molar-refractivity contribution >= 4 is 33.0 Å². The Morgan fingerprint density at radius 1 is 1.29 bits per heavy atom. The van der Waals surface area contributed by atoms with E-state index in [9.17, 15) is 13.2 Å². The standard InChI is InChI=1S/C14H12N4O4S2/c1-18-8-15-13(16-18)9-2-4-10(5-3-9)17-24(21,22)11-6-12(14(19)20)23-7-11/h2-8,17H,1H3,(H,19,20). The van der Waals surface area contributed by atoms with Gasteiger partial charge in [0.15, 0.2) is 5.82 Å². The highest BCUT2D eigenvalue weighted by Gasteiger charge is 2.18. The number of nitrogens with zero attached hydrogens (tertiary/aromatic N) is 3. The van der Waals surface area contributed by atoms with Crippen molar-refractivity contribution in [2.24, 2.45) is 7.05 Å². The second-order valence-corrected chi connectivity index (χ2v) is 7.47. The van der Waals surface area contributed by atoms with E-state index >= 15 is 0 Å². The van der Waals surface area contributed by atoms with Crippen LogP contribution in [0.3, 0.4) is 0 Å². The smallest absolute Gasteiger partial charge is 0.345 e. The van der Waals surface area contributed by atoms with E-state index in [1.165, 1.54) is 5.38 Å². The molecule has 124 valence electrons. The summed E-state index contributed by atoms with van der Waals surface area (Å²) >= 11 is 0.860. The van der Waals surface area contributed by atoms with Crippen molar-refractivity contribution in [3.63, 3.8) is 0 Å². The summed E-state index contributed by atoms with van der Waals surface area (Å²) in [4.78, 5) is 14.9. The number of carboxylic acid groups (broad SMARTS) is 1. The van der Waals surface area contributed by atoms with Crippen LogP contribution in [-0.2, 0) is 17.1 Å². The van der Waals surface area contributed by atoms with Gasteiger partial charge in [-0.15, -0.1) is 11.3 Å². The Balaban J connectivity index is 1.80. The topological polar surface area (TPSA) is 114 Å². The Hall–Kier alpha value is -2.72. The van der Waals surface area contributed by atoms with E-state index in [4.69, 9.17) is 5.11 Å². The summed E-state index contributed by atoms with van der Waals surface area (Å²) in [6.07, 6.45) is 1.57. The van der Waals surface area contributed by atoms with Gasteiger partial charge in [0.05, 0.1) is 4.90 Å². The van der Waals surface area contributed by atoms with Gasteiger partial charge in [0.25, 0.3) is 10.0 Å². The minimum absolute atomic E-state index is 0.0352. The van der Waals surface area contributed by atoms with Crippen LogP contribution in [0.15, 0.2) is 46.9 Å². The number of benzene rings is 1. The fourth-order valence-electron chi connectivity index (χ4n) is 1.94. The summed E-state index contributed by atoms with van der Waals surface area (Å²) in [6.45, 7) is 0. The number of aromatic nitrogens is 3. The van der Waals surface area contributed by atoms with Gasteiger partial charge in [-0.05, 0) is 30.3 Å². The summed E-state index contributed by atoms with van der Waals surface area (Å²) in [5, 5.41) is 14.3. The molecule has 10 heteroatoms. The van der Waals surface area contributed by atoms with Crippen LogP contribution >= 0.6 is 11.3 Å². The Kier molecular flexibility index (Phi) is 4.08. The zero-order valence-electron chi connectivity index (χ0n) is 12.4. The first kappa shape index (κ1) is 16.1. The average Bonchev–Trinajstić information content (AvgIpc) is 3.17. The number of thiophene rings is 1. The molecular weight excluding hydrogens is 352 g/mol. The molecule has 0 spiro atoms. The third kappa shape index (κ3) is 3.29. The summed E-state index contributed by atoms with van der Waals surface area (Å²) < 4.78 is 28.5. The molecule has 3 rings (SSSR count). The first-order valence-corrected chi connectivity index (χ1v) is 9.02. The van der Waals surface area contributed by atoms with Crippen molar-refractivity contribution in [1.29, 1.82) is 0 Å². The number of hydrogen-bond acceptors (Lipinski definition) is 6. The number of aromatic carboxylic acids is 1. The van der Waals surface area contributed by atoms with Gasteiger partial charge >= 0.3 is 5.97 Å². The molecule has 0 atom stereocenters. The molecule has 3 aromatic rings. The summed E-state index contributed by atoms with van der Waals surface area (Å²) in [5.74, 6) is -0.621. The van der Waals surface area contributed by atoms with E-state index < -0.39 is 16.0 Å². The lowest BCUT2D eigenvalue weighted by Crippen LogP contribution is -2.12. The number of nitrogens with one attached hydrogen (secondary N) is 1. The average molecular weight is 364 g/mol. The van der Waals surface area contributed by atoms with Gasteiger partial charge in [0, 0.05) is 23.7 Å². The van der Waals surface area contributed by atoms with Crippen molar-refractivity contribution in [2.75, 3.05) is 4.72 Å². The molecule has 0 radical (unpaired) electrons. The second kappa shape index (κ2) is 6.06. The summed E-state index contributed by atoms with van der Waals surface area (Å²) in [7, 11) is -2.08. The maximum absolute atomic E-state index is 12.3. The molecule has 0 saturated heterocycles. The summed E-state index contributed by atoms with van der Waals surface area (Å²) in [6, 6.07) is 7.70. The van der Waals surface area contributed by atoms with Gasteiger partial charge in [-0.3, -0.25) is 9.40 Å². The first-order valence-electron chi connectivity index (χ1n) is 6.66. The maximum atomic E-state index is 12.3. The molecule has 0 bridgehead atoms. The number of rotatable bonds is 5. The van der Waals surface area contributed by atoms with Crippen molar-refractivity contribution in [3.05, 3.63) is 46.9 Å². The van der Waals surface area contributed by atoms with Crippen LogP contribution < -0.4 is 4.72 Å². The lowest BCUT2D eigenvalue weighted by atomic mass is 10.2. The zero-order valence-corrected chi connectivity index (χ0v) is 14.0. The number of hydrogen-bond donors (Lipinski definition) is 2. The van der Waals surface area contributed by atoms with Gasteiger partial charge in [-0.2, -0.15) is 5.10 Å². The molecular formula is C14H12N4O4S2. The molecule has 0 unspecified atom stereocenters. The van der Waals surface area contributed by atoms with Crippen LogP contribution in [-0.4, -0.2) is 34.3 Å². The normalized spacial score (nSPS) is 11.4. The van der Waals surface area contributed by atoms with Crippen LogP contribution in [0.4, 0.5) is 5.69 Å². The lowest BCUT2D eigenvalue weighted by molar-refractivity contribution is 0.0702. The van der Waals surface area contributed by atoms with Crippen molar-refractivity contribution in [2.45, 2.75) is 4.90 Å². The van der Waals surface area contributed by atoms with E-state index in [1.54, 1.807) is 42.3 Å². The summed E-state index contributed by atoms with van der Waals surface area (Å²) in [5.41, 5.74) is 1.11. The molecule has 0 aliphatic heterocycles. The quantitative estimate of drug-likeness (QED) is 0.716. The van der Waals surface area contributed by atoms with Crippen LogP contribution in [0.5, 0.6) is 0 Å². The largest absolute Gasteiger partial charge is 0.477 e. The Labute approximate surface area is 141 Å². The number of carbonyl (C=O) groups is 1. The number of anilines is 1. The molecule has 24 heavy (non-hydrogen) atoms.